The van der Waals surface area contributed by atoms with E-state index in [1.54, 1.807) is 28.6 Å². The van der Waals surface area contributed by atoms with Crippen molar-refractivity contribution in [2.24, 2.45) is 0 Å². The molecule has 0 amide bonds. The molecule has 4 rings (SSSR count). The number of nitrogens with zero attached hydrogens (tertiary/aromatic N) is 3. The number of hydrogen-bond acceptors (Lipinski definition) is 6. The fraction of sp³-hybridized carbons (Fsp3) is 0.400. The summed E-state index contributed by atoms with van der Waals surface area (Å²) in [5.41, 5.74) is 1.36. The van der Waals surface area contributed by atoms with Gasteiger partial charge in [-0.3, -0.25) is 0 Å². The smallest absolute Gasteiger partial charge is 0.374 e. The second kappa shape index (κ2) is 8.00. The number of esters is 1. The van der Waals surface area contributed by atoms with E-state index in [-0.39, 0.29) is 17.3 Å². The van der Waals surface area contributed by atoms with Crippen LogP contribution in [0.4, 0.5) is 0 Å². The maximum absolute atomic E-state index is 13.0. The molecule has 9 heteroatoms. The zero-order chi connectivity index (χ0) is 20.4. The molecule has 1 aliphatic rings. The number of sulfonamides is 1. The van der Waals surface area contributed by atoms with Crippen LogP contribution in [0.1, 0.15) is 42.6 Å². The number of carbonyl (C=O) groups excluding carboxylic acids is 1. The number of fused-ring (bicyclic) bond motifs is 1. The zero-order valence-electron chi connectivity index (χ0n) is 16.2. The van der Waals surface area contributed by atoms with Crippen molar-refractivity contribution in [3.05, 3.63) is 48.2 Å². The van der Waals surface area contributed by atoms with Gasteiger partial charge in [0.2, 0.25) is 15.8 Å². The van der Waals surface area contributed by atoms with E-state index in [0.717, 1.165) is 24.8 Å². The van der Waals surface area contributed by atoms with E-state index in [1.807, 2.05) is 11.5 Å². The zero-order valence-corrected chi connectivity index (χ0v) is 17.0. The SMILES string of the molecule is CCn1c(COC(=O)c2ccco2)nc2cc(S(=O)(=O)N3CCCCC3)ccc21. The number of rotatable bonds is 6. The van der Waals surface area contributed by atoms with E-state index >= 15 is 0 Å². The summed E-state index contributed by atoms with van der Waals surface area (Å²) in [5, 5.41) is 0. The Hall–Kier alpha value is -2.65. The summed E-state index contributed by atoms with van der Waals surface area (Å²) < 4.78 is 39.7. The second-order valence-electron chi connectivity index (χ2n) is 6.94. The van der Waals surface area contributed by atoms with Gasteiger partial charge in [-0.05, 0) is 50.1 Å². The Balaban J connectivity index is 1.61. The van der Waals surface area contributed by atoms with Crippen LogP contribution in [0.2, 0.25) is 0 Å². The van der Waals surface area contributed by atoms with Crippen LogP contribution in [-0.2, 0) is 27.9 Å². The molecule has 0 bridgehead atoms. The molecule has 0 aliphatic carbocycles. The molecular formula is C20H23N3O5S. The highest BCUT2D eigenvalue weighted by Crippen LogP contribution is 2.25. The Morgan fingerprint density at radius 1 is 1.21 bits per heavy atom. The van der Waals surface area contributed by atoms with Gasteiger partial charge in [0.25, 0.3) is 0 Å². The maximum atomic E-state index is 13.0. The molecule has 0 spiro atoms. The molecule has 1 aliphatic heterocycles. The van der Waals surface area contributed by atoms with Crippen LogP contribution in [0, 0.1) is 0 Å². The minimum atomic E-state index is -3.53. The van der Waals surface area contributed by atoms with Crippen molar-refractivity contribution in [2.45, 2.75) is 44.2 Å². The number of benzene rings is 1. The van der Waals surface area contributed by atoms with Crippen LogP contribution >= 0.6 is 0 Å². The van der Waals surface area contributed by atoms with Crippen molar-refractivity contribution >= 4 is 27.0 Å². The first-order valence-corrected chi connectivity index (χ1v) is 11.1. The minimum absolute atomic E-state index is 0.0315. The summed E-state index contributed by atoms with van der Waals surface area (Å²) in [7, 11) is -3.53. The van der Waals surface area contributed by atoms with E-state index in [1.165, 1.54) is 12.3 Å². The number of imidazole rings is 1. The number of ether oxygens (including phenoxy) is 1. The standard InChI is InChI=1S/C20H23N3O5S/c1-2-23-17-9-8-15(29(25,26)22-10-4-3-5-11-22)13-16(17)21-19(23)14-28-20(24)18-7-6-12-27-18/h6-9,12-13H,2-5,10-11,14H2,1H3. The molecule has 3 aromatic rings. The van der Waals surface area contributed by atoms with Gasteiger partial charge in [0.15, 0.2) is 0 Å². The molecule has 2 aromatic heterocycles. The molecule has 0 unspecified atom stereocenters. The summed E-state index contributed by atoms with van der Waals surface area (Å²) in [6.07, 6.45) is 4.24. The van der Waals surface area contributed by atoms with Crippen molar-refractivity contribution in [2.75, 3.05) is 13.1 Å². The van der Waals surface area contributed by atoms with Crippen molar-refractivity contribution in [1.82, 2.24) is 13.9 Å². The van der Waals surface area contributed by atoms with Gasteiger partial charge in [0.1, 0.15) is 12.4 Å². The van der Waals surface area contributed by atoms with Gasteiger partial charge in [-0.1, -0.05) is 6.42 Å². The Labute approximate surface area is 169 Å². The molecule has 8 nitrogen and oxygen atoms in total. The molecule has 1 aromatic carbocycles. The monoisotopic (exact) mass is 417 g/mol. The average molecular weight is 417 g/mol. The molecule has 0 radical (unpaired) electrons. The average Bonchev–Trinajstić information content (AvgIpc) is 3.39. The lowest BCUT2D eigenvalue weighted by Gasteiger charge is -2.25. The number of aryl methyl sites for hydroxylation is 1. The second-order valence-corrected chi connectivity index (χ2v) is 8.88. The first kappa shape index (κ1) is 19.7. The molecule has 154 valence electrons. The van der Waals surface area contributed by atoms with Crippen LogP contribution in [0.25, 0.3) is 11.0 Å². The fourth-order valence-corrected chi connectivity index (χ4v) is 5.17. The van der Waals surface area contributed by atoms with Crippen molar-refractivity contribution in [3.8, 4) is 0 Å². The van der Waals surface area contributed by atoms with Crippen molar-refractivity contribution < 1.29 is 22.4 Å². The van der Waals surface area contributed by atoms with Gasteiger partial charge in [0, 0.05) is 19.6 Å². The van der Waals surface area contributed by atoms with E-state index < -0.39 is 16.0 Å². The molecule has 0 N–H and O–H groups in total. The van der Waals surface area contributed by atoms with Gasteiger partial charge < -0.3 is 13.7 Å². The van der Waals surface area contributed by atoms with E-state index in [0.29, 0.717) is 31.0 Å². The van der Waals surface area contributed by atoms with E-state index in [2.05, 4.69) is 4.98 Å². The van der Waals surface area contributed by atoms with E-state index in [4.69, 9.17) is 9.15 Å². The van der Waals surface area contributed by atoms with Crippen LogP contribution in [0.3, 0.4) is 0 Å². The van der Waals surface area contributed by atoms with Gasteiger partial charge >= 0.3 is 5.97 Å². The topological polar surface area (TPSA) is 94.6 Å². The number of carbonyl (C=O) groups is 1. The number of furan rings is 1. The van der Waals surface area contributed by atoms with Crippen LogP contribution in [-0.4, -0.2) is 41.3 Å². The first-order valence-electron chi connectivity index (χ1n) is 9.70. The highest BCUT2D eigenvalue weighted by molar-refractivity contribution is 7.89. The quantitative estimate of drug-likeness (QED) is 0.572. The molecule has 0 atom stereocenters. The number of piperidine rings is 1. The Morgan fingerprint density at radius 3 is 2.69 bits per heavy atom. The highest BCUT2D eigenvalue weighted by Gasteiger charge is 2.26. The molecule has 1 fully saturated rings. The van der Waals surface area contributed by atoms with Crippen LogP contribution in [0.15, 0.2) is 45.9 Å². The largest absolute Gasteiger partial charge is 0.457 e. The van der Waals surface area contributed by atoms with Gasteiger partial charge in [-0.25, -0.2) is 18.2 Å². The van der Waals surface area contributed by atoms with Gasteiger partial charge in [-0.2, -0.15) is 4.31 Å². The lowest BCUT2D eigenvalue weighted by molar-refractivity contribution is 0.0422. The van der Waals surface area contributed by atoms with Gasteiger partial charge in [0.05, 0.1) is 22.2 Å². The fourth-order valence-electron chi connectivity index (χ4n) is 3.63. The summed E-state index contributed by atoms with van der Waals surface area (Å²) >= 11 is 0. The van der Waals surface area contributed by atoms with E-state index in [9.17, 15) is 13.2 Å². The summed E-state index contributed by atoms with van der Waals surface area (Å²) in [6.45, 7) is 3.64. The molecular weight excluding hydrogens is 394 g/mol. The third-order valence-corrected chi connectivity index (χ3v) is 7.02. The van der Waals surface area contributed by atoms with Crippen molar-refractivity contribution in [3.63, 3.8) is 0 Å². The molecule has 29 heavy (non-hydrogen) atoms. The Bertz CT molecular complexity index is 1110. The predicted molar refractivity (Wildman–Crippen MR) is 106 cm³/mol. The minimum Gasteiger partial charge on any atom is -0.457 e. The third-order valence-electron chi connectivity index (χ3n) is 5.12. The third kappa shape index (κ3) is 3.79. The predicted octanol–water partition coefficient (Wildman–Crippen LogP) is 3.18. The summed E-state index contributed by atoms with van der Waals surface area (Å²) in [5.74, 6) is 0.104. The van der Waals surface area contributed by atoms with Gasteiger partial charge in [-0.15, -0.1) is 0 Å². The normalized spacial score (nSPS) is 15.6. The summed E-state index contributed by atoms with van der Waals surface area (Å²) in [6, 6.07) is 8.13. The van der Waals surface area contributed by atoms with Crippen LogP contribution < -0.4 is 0 Å². The molecule has 0 saturated carbocycles. The van der Waals surface area contributed by atoms with Crippen LogP contribution in [0.5, 0.6) is 0 Å². The maximum Gasteiger partial charge on any atom is 0.374 e. The highest BCUT2D eigenvalue weighted by atomic mass is 32.2. The Kier molecular flexibility index (Phi) is 5.42. The Morgan fingerprint density at radius 2 is 2.00 bits per heavy atom. The lowest BCUT2D eigenvalue weighted by Crippen LogP contribution is -2.35. The number of aromatic nitrogens is 2. The molecule has 1 saturated heterocycles. The summed E-state index contributed by atoms with van der Waals surface area (Å²) in [4.78, 5) is 16.8. The lowest BCUT2D eigenvalue weighted by atomic mass is 10.2. The molecule has 3 heterocycles. The first-order chi connectivity index (χ1) is 14.0. The number of hydrogen-bond donors (Lipinski definition) is 0. The van der Waals surface area contributed by atoms with Crippen molar-refractivity contribution in [1.29, 1.82) is 0 Å².